The van der Waals surface area contributed by atoms with Crippen molar-refractivity contribution in [3.05, 3.63) is 35.9 Å². The van der Waals surface area contributed by atoms with E-state index in [1.807, 2.05) is 6.07 Å². The Morgan fingerprint density at radius 1 is 1.07 bits per heavy atom. The zero-order chi connectivity index (χ0) is 21.2. The van der Waals surface area contributed by atoms with Gasteiger partial charge in [0.2, 0.25) is 5.00 Å². The molecule has 3 N–H and O–H groups in total. The minimum atomic E-state index is -1.99. The van der Waals surface area contributed by atoms with Gasteiger partial charge in [-0.15, -0.1) is 0 Å². The van der Waals surface area contributed by atoms with Gasteiger partial charge in [-0.05, 0) is 45.6 Å². The van der Waals surface area contributed by atoms with Gasteiger partial charge in [0, 0.05) is 6.54 Å². The second-order valence-electron chi connectivity index (χ2n) is 7.18. The van der Waals surface area contributed by atoms with Crippen LogP contribution in [-0.4, -0.2) is 40.4 Å². The number of carboxylic acids is 1. The molecule has 1 rings (SSSR count). The number of rotatable bonds is 9. The second kappa shape index (κ2) is 10.8. The van der Waals surface area contributed by atoms with Gasteiger partial charge >= 0.3 is 18.2 Å². The topological polar surface area (TPSA) is 114 Å². The summed E-state index contributed by atoms with van der Waals surface area (Å²) in [6, 6.07) is 8.97. The number of hydrogen-bond acceptors (Lipinski definition) is 5. The zero-order valence-corrected chi connectivity index (χ0v) is 17.0. The fraction of sp³-hybridized carbons (Fsp3) is 0.526. The summed E-state index contributed by atoms with van der Waals surface area (Å²) in [4.78, 5) is 32.9. The second-order valence-corrected chi connectivity index (χ2v) is 7.82. The van der Waals surface area contributed by atoms with E-state index in [9.17, 15) is 19.5 Å². The fourth-order valence-electron chi connectivity index (χ4n) is 2.14. The number of hydrogen-bond donors (Lipinski definition) is 3. The largest absolute Gasteiger partial charge is 0.479 e. The summed E-state index contributed by atoms with van der Waals surface area (Å²) in [7, 11) is 0. The Balaban J connectivity index is 2.38. The maximum Gasteiger partial charge on any atom is 0.409 e. The third-order valence-electron chi connectivity index (χ3n) is 3.47. The number of aliphatic carboxylic acids is 1. The van der Waals surface area contributed by atoms with Crippen molar-refractivity contribution in [1.29, 1.82) is 0 Å². The first-order chi connectivity index (χ1) is 13.0. The lowest BCUT2D eigenvalue weighted by Crippen LogP contribution is -2.50. The Kier molecular flexibility index (Phi) is 9.05. The van der Waals surface area contributed by atoms with Crippen LogP contribution in [0.3, 0.4) is 0 Å². The molecule has 8 nitrogen and oxygen atoms in total. The Morgan fingerprint density at radius 3 is 2.29 bits per heavy atom. The summed E-state index contributed by atoms with van der Waals surface area (Å²) >= 11 is 6.06. The van der Waals surface area contributed by atoms with Crippen LogP contribution in [0.4, 0.5) is 9.59 Å². The molecule has 1 atom stereocenters. The first-order valence-electron chi connectivity index (χ1n) is 8.90. The van der Waals surface area contributed by atoms with E-state index >= 15 is 0 Å². The molecule has 0 unspecified atom stereocenters. The molecule has 0 saturated carbocycles. The summed E-state index contributed by atoms with van der Waals surface area (Å²) in [6.45, 7) is 5.55. The first-order valence-corrected chi connectivity index (χ1v) is 9.28. The van der Waals surface area contributed by atoms with Gasteiger partial charge in [-0.2, -0.15) is 0 Å². The molecule has 0 bridgehead atoms. The van der Waals surface area contributed by atoms with Crippen molar-refractivity contribution in [2.24, 2.45) is 0 Å². The predicted octanol–water partition coefficient (Wildman–Crippen LogP) is 3.63. The van der Waals surface area contributed by atoms with Crippen molar-refractivity contribution in [3.63, 3.8) is 0 Å². The monoisotopic (exact) mass is 414 g/mol. The summed E-state index contributed by atoms with van der Waals surface area (Å²) in [5.41, 5.74) is 0.171. The van der Waals surface area contributed by atoms with Gasteiger partial charge in [-0.1, -0.05) is 41.9 Å². The summed E-state index contributed by atoms with van der Waals surface area (Å²) < 4.78 is 10.1. The summed E-state index contributed by atoms with van der Waals surface area (Å²) in [5, 5.41) is 14.1. The van der Waals surface area contributed by atoms with Gasteiger partial charge in [-0.25, -0.2) is 14.4 Å². The Labute approximate surface area is 169 Å². The van der Waals surface area contributed by atoms with Gasteiger partial charge in [0.1, 0.15) is 12.2 Å². The molecule has 0 aromatic heterocycles. The number of amides is 2. The number of nitrogens with one attached hydrogen (secondary N) is 2. The van der Waals surface area contributed by atoms with Crippen molar-refractivity contribution in [3.8, 4) is 0 Å². The molecule has 2 amide bonds. The first kappa shape index (κ1) is 23.6. The Bertz CT molecular complexity index is 662. The lowest BCUT2D eigenvalue weighted by Gasteiger charge is -2.23. The minimum absolute atomic E-state index is 0.000923. The van der Waals surface area contributed by atoms with Gasteiger partial charge in [0.15, 0.2) is 0 Å². The van der Waals surface area contributed by atoms with Crippen LogP contribution in [0.2, 0.25) is 0 Å². The molecule has 0 spiro atoms. The number of carboxylic acid groups (broad SMARTS) is 1. The third kappa shape index (κ3) is 9.45. The van der Waals surface area contributed by atoms with E-state index in [-0.39, 0.29) is 13.0 Å². The molecule has 0 aliphatic heterocycles. The summed E-state index contributed by atoms with van der Waals surface area (Å²) in [5.74, 6) is -1.38. The molecule has 0 aliphatic rings. The number of unbranched alkanes of at least 4 members (excludes halogenated alkanes) is 1. The van der Waals surface area contributed by atoms with Crippen LogP contribution in [0, 0.1) is 0 Å². The molecular formula is C19H27ClN2O6. The van der Waals surface area contributed by atoms with E-state index in [4.69, 9.17) is 21.1 Å². The molecule has 0 fully saturated rings. The molecule has 0 saturated heterocycles. The van der Waals surface area contributed by atoms with Crippen LogP contribution < -0.4 is 10.6 Å². The SMILES string of the molecule is CC(C)(C)OC(=O)NCCCC[C@](Cl)(NC(=O)OCc1ccccc1)C(=O)O. The maximum atomic E-state index is 11.9. The number of alkyl carbamates (subject to hydrolysis) is 2. The van der Waals surface area contributed by atoms with Crippen LogP contribution in [0.15, 0.2) is 30.3 Å². The molecule has 1 aromatic rings. The van der Waals surface area contributed by atoms with Crippen LogP contribution in [0.5, 0.6) is 0 Å². The third-order valence-corrected chi connectivity index (χ3v) is 3.91. The highest BCUT2D eigenvalue weighted by Gasteiger charge is 2.38. The fourth-order valence-corrected chi connectivity index (χ4v) is 2.35. The van der Waals surface area contributed by atoms with E-state index in [1.165, 1.54) is 0 Å². The van der Waals surface area contributed by atoms with Crippen molar-refractivity contribution < 1.29 is 29.0 Å². The van der Waals surface area contributed by atoms with Gasteiger partial charge in [0.05, 0.1) is 0 Å². The molecule has 0 radical (unpaired) electrons. The van der Waals surface area contributed by atoms with E-state index in [1.54, 1.807) is 45.0 Å². The molecule has 156 valence electrons. The normalized spacial score (nSPS) is 13.1. The molecule has 28 heavy (non-hydrogen) atoms. The van der Waals surface area contributed by atoms with Crippen LogP contribution in [0.25, 0.3) is 0 Å². The van der Waals surface area contributed by atoms with Gasteiger partial charge < -0.3 is 19.9 Å². The lowest BCUT2D eigenvalue weighted by molar-refractivity contribution is -0.141. The number of benzene rings is 1. The van der Waals surface area contributed by atoms with Crippen molar-refractivity contribution in [2.75, 3.05) is 6.54 Å². The minimum Gasteiger partial charge on any atom is -0.479 e. The molecule has 0 aliphatic carbocycles. The standard InChI is InChI=1S/C19H27ClN2O6/c1-18(2,3)28-16(25)21-12-8-7-11-19(20,15(23)24)22-17(26)27-13-14-9-5-4-6-10-14/h4-6,9-10H,7-8,11-13H2,1-3H3,(H,21,25)(H,22,26)(H,23,24)/t19-/m0/s1. The highest BCUT2D eigenvalue weighted by atomic mass is 35.5. The van der Waals surface area contributed by atoms with E-state index in [0.717, 1.165) is 5.56 Å². The molecule has 0 heterocycles. The Hall–Kier alpha value is -2.48. The maximum absolute atomic E-state index is 11.9. The number of halogens is 1. The average molecular weight is 415 g/mol. The lowest BCUT2D eigenvalue weighted by atomic mass is 10.1. The van der Waals surface area contributed by atoms with E-state index < -0.39 is 28.8 Å². The summed E-state index contributed by atoms with van der Waals surface area (Å²) in [6.07, 6.45) is -0.703. The number of alkyl halides is 1. The molecule has 1 aromatic carbocycles. The van der Waals surface area contributed by atoms with E-state index in [2.05, 4.69) is 10.6 Å². The van der Waals surface area contributed by atoms with Crippen LogP contribution >= 0.6 is 11.6 Å². The zero-order valence-electron chi connectivity index (χ0n) is 16.3. The Morgan fingerprint density at radius 2 is 1.71 bits per heavy atom. The van der Waals surface area contributed by atoms with Crippen molar-refractivity contribution >= 4 is 29.8 Å². The predicted molar refractivity (Wildman–Crippen MR) is 104 cm³/mol. The van der Waals surface area contributed by atoms with Crippen LogP contribution in [0.1, 0.15) is 45.6 Å². The number of ether oxygens (including phenoxy) is 2. The van der Waals surface area contributed by atoms with E-state index in [0.29, 0.717) is 19.4 Å². The highest BCUT2D eigenvalue weighted by molar-refractivity contribution is 6.34. The number of carbonyl (C=O) groups is 3. The average Bonchev–Trinajstić information content (AvgIpc) is 2.59. The van der Waals surface area contributed by atoms with Gasteiger partial charge in [0.25, 0.3) is 0 Å². The number of carbonyl (C=O) groups excluding carboxylic acids is 2. The molecular weight excluding hydrogens is 388 g/mol. The van der Waals surface area contributed by atoms with Crippen molar-refractivity contribution in [2.45, 2.75) is 57.2 Å². The van der Waals surface area contributed by atoms with Gasteiger partial charge in [-0.3, -0.25) is 5.32 Å². The quantitative estimate of drug-likeness (QED) is 0.323. The smallest absolute Gasteiger partial charge is 0.409 e. The van der Waals surface area contributed by atoms with Crippen molar-refractivity contribution in [1.82, 2.24) is 10.6 Å². The van der Waals surface area contributed by atoms with Crippen LogP contribution in [-0.2, 0) is 20.9 Å². The highest BCUT2D eigenvalue weighted by Crippen LogP contribution is 2.20. The molecule has 9 heteroatoms.